The van der Waals surface area contributed by atoms with Crippen LogP contribution < -0.4 is 59.6 Å². The van der Waals surface area contributed by atoms with Crippen LogP contribution in [-0.4, -0.2) is 141 Å². The third kappa shape index (κ3) is 9.76. The molecule has 0 spiro atoms. The van der Waals surface area contributed by atoms with Crippen molar-refractivity contribution in [1.82, 2.24) is 29.9 Å². The molecule has 6 heterocycles. The molecule has 0 saturated carbocycles. The second-order valence-corrected chi connectivity index (χ2v) is 13.8. The standard InChI is InChI=1S/2C11H17N5O4.C10H16N4O3/c2*1-4(17)8(19)6-3-13-9-7(16(6)5(2)18)10(20)15-11(12)14-9;1-4(15)7(16)5-2-6-8(12-3-5)13-10(11)14-9(6)17/h2*4,6,8,17,19H,3H2,1-2H3,(H4,12,13,14,15,20);4-5,7,15-16H,2-3H2,1H3,(H4,11,12,13,14,17)/t2*4-,6?,8-;4-,5?,7-/m000/s1. The SMILES string of the molecule is CC(=O)N1c2c(nc(N)[nH]c2=O)NCC1[C@@H](O)[C@H](C)O.CC(=O)N1c2c(nc(N)[nH]c2=O)NCC1[C@@H](O)[C@H](C)O.C[C@H](O)[C@H](O)C1CNc2nc(N)[nH]c(=O)c2C1. The van der Waals surface area contributed by atoms with E-state index in [1.54, 1.807) is 0 Å². The number of aromatic amines is 3. The summed E-state index contributed by atoms with van der Waals surface area (Å²) in [6, 6.07) is -1.54. The number of rotatable bonds is 6. The molecule has 2 amide bonds. The molecular weight excluding hydrogens is 756 g/mol. The lowest BCUT2D eigenvalue weighted by molar-refractivity contribution is -0.118. The van der Waals surface area contributed by atoms with Crippen LogP contribution in [0.3, 0.4) is 0 Å². The van der Waals surface area contributed by atoms with Crippen molar-refractivity contribution in [3.05, 3.63) is 36.6 Å². The molecule has 0 aliphatic carbocycles. The van der Waals surface area contributed by atoms with Crippen molar-refractivity contribution in [3.8, 4) is 0 Å². The summed E-state index contributed by atoms with van der Waals surface area (Å²) in [6.07, 6.45) is -5.82. The minimum Gasteiger partial charge on any atom is -0.391 e. The quantitative estimate of drug-likeness (QED) is 0.111. The second kappa shape index (κ2) is 17.9. The lowest BCUT2D eigenvalue weighted by atomic mass is 9.89. The van der Waals surface area contributed by atoms with Gasteiger partial charge in [-0.25, -0.2) is 0 Å². The van der Waals surface area contributed by atoms with Crippen molar-refractivity contribution in [2.75, 3.05) is 62.6 Å². The van der Waals surface area contributed by atoms with E-state index in [0.717, 1.165) is 9.80 Å². The van der Waals surface area contributed by atoms with E-state index in [1.807, 2.05) is 0 Å². The van der Waals surface area contributed by atoms with Gasteiger partial charge in [-0.05, 0) is 27.2 Å². The van der Waals surface area contributed by atoms with Crippen molar-refractivity contribution in [1.29, 1.82) is 0 Å². The number of nitrogens with one attached hydrogen (secondary N) is 6. The van der Waals surface area contributed by atoms with Crippen LogP contribution >= 0.6 is 0 Å². The van der Waals surface area contributed by atoms with Crippen LogP contribution in [0.4, 0.5) is 46.7 Å². The molecule has 57 heavy (non-hydrogen) atoms. The summed E-state index contributed by atoms with van der Waals surface area (Å²) in [5, 5.41) is 66.7. The summed E-state index contributed by atoms with van der Waals surface area (Å²) in [5.41, 5.74) is 15.3. The topological polar surface area (TPSA) is 413 Å². The van der Waals surface area contributed by atoms with Gasteiger partial charge >= 0.3 is 0 Å². The van der Waals surface area contributed by atoms with Gasteiger partial charge in [0.25, 0.3) is 16.7 Å². The minimum absolute atomic E-state index is 0.0114. The van der Waals surface area contributed by atoms with Gasteiger partial charge in [0.1, 0.15) is 18.0 Å². The maximum absolute atomic E-state index is 12.0. The Labute approximate surface area is 323 Å². The molecule has 18 N–H and O–H groups in total. The summed E-state index contributed by atoms with van der Waals surface area (Å²) in [4.78, 5) is 80.4. The maximum atomic E-state index is 12.0. The molecule has 3 aliphatic rings. The number of nitrogen functional groups attached to an aromatic ring is 3. The zero-order valence-electron chi connectivity index (χ0n) is 31.7. The Balaban J connectivity index is 0.000000190. The summed E-state index contributed by atoms with van der Waals surface area (Å²) in [7, 11) is 0. The van der Waals surface area contributed by atoms with E-state index >= 15 is 0 Å². The molecule has 0 fully saturated rings. The Morgan fingerprint density at radius 1 is 0.596 bits per heavy atom. The van der Waals surface area contributed by atoms with Crippen LogP contribution in [0.25, 0.3) is 0 Å². The number of aliphatic hydroxyl groups excluding tert-OH is 6. The first-order valence-corrected chi connectivity index (χ1v) is 17.7. The van der Waals surface area contributed by atoms with E-state index in [0.29, 0.717) is 24.3 Å². The minimum atomic E-state index is -1.20. The van der Waals surface area contributed by atoms with Crippen LogP contribution in [0.2, 0.25) is 0 Å². The van der Waals surface area contributed by atoms with E-state index in [4.69, 9.17) is 17.2 Å². The molecule has 0 aromatic carbocycles. The third-order valence-electron chi connectivity index (χ3n) is 9.39. The smallest absolute Gasteiger partial charge is 0.278 e. The van der Waals surface area contributed by atoms with Crippen molar-refractivity contribution in [3.63, 3.8) is 0 Å². The Morgan fingerprint density at radius 2 is 0.947 bits per heavy atom. The van der Waals surface area contributed by atoms with Crippen molar-refractivity contribution in [2.24, 2.45) is 5.92 Å². The number of aromatic nitrogens is 6. The van der Waals surface area contributed by atoms with Gasteiger partial charge in [0.2, 0.25) is 29.7 Å². The number of carbonyl (C=O) groups is 2. The van der Waals surface area contributed by atoms with Crippen molar-refractivity contribution in [2.45, 2.75) is 89.7 Å². The molecule has 0 saturated heterocycles. The lowest BCUT2D eigenvalue weighted by Gasteiger charge is -2.39. The number of hydrogen-bond donors (Lipinski definition) is 15. The Morgan fingerprint density at radius 3 is 1.32 bits per heavy atom. The predicted molar refractivity (Wildman–Crippen MR) is 207 cm³/mol. The first-order chi connectivity index (χ1) is 26.6. The number of hydrogen-bond acceptors (Lipinski definition) is 20. The Kier molecular flexibility index (Phi) is 13.8. The fourth-order valence-corrected chi connectivity index (χ4v) is 6.60. The molecule has 3 aromatic rings. The molecular formula is C32H50N14O11. The number of nitrogens with zero attached hydrogens (tertiary/aromatic N) is 5. The number of carbonyl (C=O) groups excluding carboxylic acids is 2. The van der Waals surface area contributed by atoms with Crippen LogP contribution in [0.1, 0.15) is 40.2 Å². The predicted octanol–water partition coefficient (Wildman–Crippen LogP) is -4.84. The summed E-state index contributed by atoms with van der Waals surface area (Å²) in [5.74, 6) is -0.348. The van der Waals surface area contributed by atoms with Crippen LogP contribution in [0.15, 0.2) is 14.4 Å². The van der Waals surface area contributed by atoms with E-state index in [9.17, 15) is 54.6 Å². The fraction of sp³-hybridized carbons (Fsp3) is 0.562. The highest BCUT2D eigenvalue weighted by Crippen LogP contribution is 2.30. The number of fused-ring (bicyclic) bond motifs is 3. The molecule has 25 heteroatoms. The largest absolute Gasteiger partial charge is 0.391 e. The average molecular weight is 807 g/mol. The van der Waals surface area contributed by atoms with Gasteiger partial charge in [-0.15, -0.1) is 0 Å². The first kappa shape index (κ1) is 43.9. The number of anilines is 8. The fourth-order valence-electron chi connectivity index (χ4n) is 6.60. The monoisotopic (exact) mass is 806 g/mol. The van der Waals surface area contributed by atoms with Crippen molar-refractivity contribution >= 4 is 58.5 Å². The van der Waals surface area contributed by atoms with Crippen LogP contribution in [-0.2, 0) is 16.0 Å². The number of amides is 2. The lowest BCUT2D eigenvalue weighted by Crippen LogP contribution is -2.57. The van der Waals surface area contributed by atoms with Crippen LogP contribution in [0, 0.1) is 5.92 Å². The highest BCUT2D eigenvalue weighted by Gasteiger charge is 2.40. The van der Waals surface area contributed by atoms with Gasteiger partial charge < -0.3 is 63.8 Å². The van der Waals surface area contributed by atoms with E-state index in [1.165, 1.54) is 34.6 Å². The maximum Gasteiger partial charge on any atom is 0.278 e. The highest BCUT2D eigenvalue weighted by molar-refractivity contribution is 5.97. The molecule has 25 nitrogen and oxygen atoms in total. The van der Waals surface area contributed by atoms with Gasteiger partial charge in [0.05, 0.1) is 42.1 Å². The summed E-state index contributed by atoms with van der Waals surface area (Å²) >= 11 is 0. The first-order valence-electron chi connectivity index (χ1n) is 17.7. The van der Waals surface area contributed by atoms with Gasteiger partial charge in [0, 0.05) is 39.4 Å². The van der Waals surface area contributed by atoms with Gasteiger partial charge in [-0.2, -0.15) is 15.0 Å². The van der Waals surface area contributed by atoms with Crippen molar-refractivity contribution < 1.29 is 40.2 Å². The molecule has 9 atom stereocenters. The van der Waals surface area contributed by atoms with E-state index < -0.39 is 71.6 Å². The Bertz CT molecular complexity index is 2000. The second-order valence-electron chi connectivity index (χ2n) is 13.8. The molecule has 3 unspecified atom stereocenters. The molecule has 6 rings (SSSR count). The molecule has 3 aliphatic heterocycles. The molecule has 3 aromatic heterocycles. The van der Waals surface area contributed by atoms with Gasteiger partial charge in [0.15, 0.2) is 23.0 Å². The normalized spacial score (nSPS) is 21.3. The Hall–Kier alpha value is -5.86. The zero-order chi connectivity index (χ0) is 42.6. The molecule has 0 radical (unpaired) electrons. The number of H-pyrrole nitrogens is 3. The number of nitrogens with two attached hydrogens (primary N) is 3. The summed E-state index contributed by atoms with van der Waals surface area (Å²) < 4.78 is 0. The van der Waals surface area contributed by atoms with Gasteiger partial charge in [-0.1, -0.05) is 0 Å². The van der Waals surface area contributed by atoms with E-state index in [-0.39, 0.29) is 65.4 Å². The number of aliphatic hydroxyl groups is 6. The highest BCUT2D eigenvalue weighted by atomic mass is 16.3. The summed E-state index contributed by atoms with van der Waals surface area (Å²) in [6.45, 7) is 7.62. The molecule has 0 bridgehead atoms. The average Bonchev–Trinajstić information content (AvgIpc) is 3.12. The zero-order valence-corrected chi connectivity index (χ0v) is 31.7. The third-order valence-corrected chi connectivity index (χ3v) is 9.39. The van der Waals surface area contributed by atoms with E-state index in [2.05, 4.69) is 45.9 Å². The van der Waals surface area contributed by atoms with Crippen LogP contribution in [0.5, 0.6) is 0 Å². The van der Waals surface area contributed by atoms with Gasteiger partial charge in [-0.3, -0.25) is 48.7 Å². The molecule has 314 valence electrons.